The molecule has 18 heavy (non-hydrogen) atoms. The highest BCUT2D eigenvalue weighted by Crippen LogP contribution is 2.28. The van der Waals surface area contributed by atoms with E-state index in [4.69, 9.17) is 5.84 Å². The van der Waals surface area contributed by atoms with Gasteiger partial charge in [0.1, 0.15) is 0 Å². The zero-order valence-electron chi connectivity index (χ0n) is 9.76. The van der Waals surface area contributed by atoms with Crippen molar-refractivity contribution in [2.45, 2.75) is 0 Å². The molecule has 4 nitrogen and oxygen atoms in total. The Morgan fingerprint density at radius 1 is 1.00 bits per heavy atom. The van der Waals surface area contributed by atoms with E-state index in [0.29, 0.717) is 0 Å². The number of carbonyl (C=O) groups is 1. The quantitative estimate of drug-likeness (QED) is 0.530. The monoisotopic (exact) mass is 239 g/mol. The van der Waals surface area contributed by atoms with Gasteiger partial charge in [0.05, 0.1) is 17.6 Å². The van der Waals surface area contributed by atoms with Gasteiger partial charge in [-0.1, -0.05) is 36.4 Å². The summed E-state index contributed by atoms with van der Waals surface area (Å²) in [4.78, 5) is 12.2. The number of nitrogens with one attached hydrogen (secondary N) is 1. The van der Waals surface area contributed by atoms with Crippen molar-refractivity contribution >= 4 is 27.7 Å². The van der Waals surface area contributed by atoms with Gasteiger partial charge < -0.3 is 0 Å². The first-order valence-electron chi connectivity index (χ1n) is 5.78. The van der Waals surface area contributed by atoms with E-state index in [1.54, 1.807) is 4.57 Å². The van der Waals surface area contributed by atoms with E-state index >= 15 is 0 Å². The van der Waals surface area contributed by atoms with Gasteiger partial charge in [0.15, 0.2) is 0 Å². The molecule has 1 heterocycles. The van der Waals surface area contributed by atoms with Crippen LogP contribution in [0.4, 0.5) is 0 Å². The second-order valence-corrected chi connectivity index (χ2v) is 4.14. The summed E-state index contributed by atoms with van der Waals surface area (Å²) in [6.07, 6.45) is 0. The number of nitrogens with zero attached hydrogens (tertiary/aromatic N) is 1. The van der Waals surface area contributed by atoms with Crippen molar-refractivity contribution in [1.29, 1.82) is 0 Å². The van der Waals surface area contributed by atoms with E-state index in [9.17, 15) is 4.79 Å². The van der Waals surface area contributed by atoms with Crippen molar-refractivity contribution in [3.8, 4) is 0 Å². The topological polar surface area (TPSA) is 60.0 Å². The van der Waals surface area contributed by atoms with Crippen molar-refractivity contribution in [1.82, 2.24) is 9.99 Å². The predicted octanol–water partition coefficient (Wildman–Crippen LogP) is 1.90. The average molecular weight is 239 g/mol. The Morgan fingerprint density at radius 3 is 2.00 bits per heavy atom. The first kappa shape index (κ1) is 11.0. The molecule has 0 aliphatic rings. The Labute approximate surface area is 104 Å². The van der Waals surface area contributed by atoms with Crippen LogP contribution in [0.15, 0.2) is 48.5 Å². The van der Waals surface area contributed by atoms with Crippen LogP contribution in [0, 0.1) is 0 Å². The third kappa shape index (κ3) is 1.51. The molecule has 0 aliphatic heterocycles. The van der Waals surface area contributed by atoms with E-state index in [0.717, 1.165) is 21.8 Å². The number of hydrogen-bond donors (Lipinski definition) is 2. The van der Waals surface area contributed by atoms with Gasteiger partial charge in [-0.2, -0.15) is 0 Å². The van der Waals surface area contributed by atoms with Crippen molar-refractivity contribution in [3.05, 3.63) is 48.5 Å². The van der Waals surface area contributed by atoms with Crippen molar-refractivity contribution in [3.63, 3.8) is 0 Å². The lowest BCUT2D eigenvalue weighted by Gasteiger charge is -2.04. The van der Waals surface area contributed by atoms with E-state index < -0.39 is 0 Å². The summed E-state index contributed by atoms with van der Waals surface area (Å²) >= 11 is 0. The fraction of sp³-hybridized carbons (Fsp3) is 0.0714. The number of fused-ring (bicyclic) bond motifs is 3. The second-order valence-electron chi connectivity index (χ2n) is 4.14. The summed E-state index contributed by atoms with van der Waals surface area (Å²) < 4.78 is 1.71. The molecule has 0 atom stereocenters. The zero-order valence-corrected chi connectivity index (χ0v) is 9.76. The molecule has 0 saturated carbocycles. The van der Waals surface area contributed by atoms with Crippen molar-refractivity contribution < 1.29 is 4.79 Å². The number of aromatic nitrogens is 1. The summed E-state index contributed by atoms with van der Waals surface area (Å²) in [7, 11) is 0. The Balaban J connectivity index is 2.41. The minimum absolute atomic E-state index is 0.0603. The lowest BCUT2D eigenvalue weighted by Crippen LogP contribution is -2.32. The van der Waals surface area contributed by atoms with Crippen LogP contribution in [0.1, 0.15) is 4.79 Å². The number of hydrazine groups is 1. The van der Waals surface area contributed by atoms with Gasteiger partial charge in [-0.05, 0) is 12.1 Å². The highest BCUT2D eigenvalue weighted by molar-refractivity contribution is 6.13. The van der Waals surface area contributed by atoms with Gasteiger partial charge in [0, 0.05) is 10.8 Å². The lowest BCUT2D eigenvalue weighted by molar-refractivity contribution is 0.0923. The summed E-state index contributed by atoms with van der Waals surface area (Å²) in [5.74, 6) is 5.18. The van der Waals surface area contributed by atoms with E-state index in [1.807, 2.05) is 48.5 Å². The molecular weight excluding hydrogens is 226 g/mol. The molecule has 3 aromatic rings. The Hall–Kier alpha value is -2.17. The van der Waals surface area contributed by atoms with E-state index in [2.05, 4.69) is 5.43 Å². The molecule has 2 aromatic carbocycles. The lowest BCUT2D eigenvalue weighted by atomic mass is 10.2. The van der Waals surface area contributed by atoms with Gasteiger partial charge in [0.2, 0.25) is 5.91 Å². The molecular formula is C14H13N3O. The molecule has 4 heteroatoms. The molecule has 90 valence electrons. The summed E-state index contributed by atoms with van der Waals surface area (Å²) in [5, 5.41) is 2.16. The van der Waals surface area contributed by atoms with Crippen LogP contribution in [0.25, 0.3) is 21.8 Å². The van der Waals surface area contributed by atoms with E-state index in [1.165, 1.54) is 0 Å². The average Bonchev–Trinajstić information content (AvgIpc) is 2.73. The van der Waals surface area contributed by atoms with Crippen LogP contribution in [0.2, 0.25) is 0 Å². The summed E-state index contributed by atoms with van der Waals surface area (Å²) in [6.45, 7) is 0.114. The van der Waals surface area contributed by atoms with Crippen LogP contribution >= 0.6 is 0 Å². The normalized spacial score (nSPS) is 11.2. The van der Waals surface area contributed by atoms with Gasteiger partial charge in [0.25, 0.3) is 0 Å². The van der Waals surface area contributed by atoms with Crippen LogP contribution in [0.5, 0.6) is 0 Å². The SMILES string of the molecule is NNCC(=O)n1c2ccccc2c2ccccc21. The van der Waals surface area contributed by atoms with Gasteiger partial charge in [-0.15, -0.1) is 0 Å². The third-order valence-corrected chi connectivity index (χ3v) is 3.08. The van der Waals surface area contributed by atoms with Crippen LogP contribution in [-0.4, -0.2) is 17.0 Å². The molecule has 0 radical (unpaired) electrons. The fourth-order valence-electron chi connectivity index (χ4n) is 2.36. The number of para-hydroxylation sites is 2. The van der Waals surface area contributed by atoms with Crippen LogP contribution < -0.4 is 11.3 Å². The third-order valence-electron chi connectivity index (χ3n) is 3.08. The molecule has 1 aromatic heterocycles. The highest BCUT2D eigenvalue weighted by atomic mass is 16.2. The van der Waals surface area contributed by atoms with Crippen LogP contribution in [0.3, 0.4) is 0 Å². The summed E-state index contributed by atoms with van der Waals surface area (Å²) in [5.41, 5.74) is 4.25. The number of carbonyl (C=O) groups excluding carboxylic acids is 1. The predicted molar refractivity (Wildman–Crippen MR) is 72.3 cm³/mol. The van der Waals surface area contributed by atoms with Crippen molar-refractivity contribution in [2.24, 2.45) is 5.84 Å². The maximum Gasteiger partial charge on any atom is 0.246 e. The number of hydrogen-bond acceptors (Lipinski definition) is 3. The number of benzene rings is 2. The Morgan fingerprint density at radius 2 is 1.50 bits per heavy atom. The second kappa shape index (κ2) is 4.25. The van der Waals surface area contributed by atoms with E-state index in [-0.39, 0.29) is 12.5 Å². The largest absolute Gasteiger partial charge is 0.279 e. The van der Waals surface area contributed by atoms with Gasteiger partial charge in [-0.3, -0.25) is 20.6 Å². The molecule has 0 unspecified atom stereocenters. The fourth-order valence-corrected chi connectivity index (χ4v) is 2.36. The zero-order chi connectivity index (χ0) is 12.5. The van der Waals surface area contributed by atoms with Crippen molar-refractivity contribution in [2.75, 3.05) is 6.54 Å². The molecule has 0 aliphatic carbocycles. The highest BCUT2D eigenvalue weighted by Gasteiger charge is 2.14. The Bertz CT molecular complexity index is 677. The first-order valence-corrected chi connectivity index (χ1v) is 5.78. The minimum Gasteiger partial charge on any atom is -0.279 e. The molecule has 0 saturated heterocycles. The minimum atomic E-state index is -0.0603. The molecule has 0 spiro atoms. The smallest absolute Gasteiger partial charge is 0.246 e. The maximum absolute atomic E-state index is 12.2. The van der Waals surface area contributed by atoms with Gasteiger partial charge >= 0.3 is 0 Å². The maximum atomic E-state index is 12.2. The summed E-state index contributed by atoms with van der Waals surface area (Å²) in [6, 6.07) is 15.8. The molecule has 0 bridgehead atoms. The first-order chi connectivity index (χ1) is 8.83. The molecule has 3 rings (SSSR count). The Kier molecular flexibility index (Phi) is 2.59. The standard InChI is InChI=1S/C14H13N3O/c15-16-9-14(18)17-12-7-3-1-5-10(12)11-6-2-4-8-13(11)17/h1-8,16H,9,15H2. The van der Waals surface area contributed by atoms with Crippen LogP contribution in [-0.2, 0) is 0 Å². The number of rotatable bonds is 2. The van der Waals surface area contributed by atoms with Gasteiger partial charge in [-0.25, -0.2) is 0 Å². The molecule has 0 amide bonds. The molecule has 3 N–H and O–H groups in total. The molecule has 0 fully saturated rings. The number of nitrogens with two attached hydrogens (primary N) is 1.